The molecular formula is C16H24ClN3. The predicted octanol–water partition coefficient (Wildman–Crippen LogP) is 2.59. The Morgan fingerprint density at radius 2 is 1.95 bits per heavy atom. The molecule has 1 saturated heterocycles. The number of benzene rings is 1. The molecule has 1 heterocycles. The number of piperazine rings is 1. The van der Waals surface area contributed by atoms with E-state index in [0.717, 1.165) is 43.7 Å². The lowest BCUT2D eigenvalue weighted by Gasteiger charge is -2.46. The zero-order valence-electron chi connectivity index (χ0n) is 12.2. The maximum absolute atomic E-state index is 6.08. The third kappa shape index (κ3) is 2.67. The van der Waals surface area contributed by atoms with E-state index in [0.29, 0.717) is 0 Å². The van der Waals surface area contributed by atoms with Crippen molar-refractivity contribution in [2.24, 2.45) is 11.7 Å². The van der Waals surface area contributed by atoms with Gasteiger partial charge in [0, 0.05) is 49.0 Å². The summed E-state index contributed by atoms with van der Waals surface area (Å²) >= 11 is 6.08. The summed E-state index contributed by atoms with van der Waals surface area (Å²) in [5, 5.41) is 0.815. The molecule has 3 rings (SSSR count). The van der Waals surface area contributed by atoms with E-state index in [4.69, 9.17) is 17.3 Å². The summed E-state index contributed by atoms with van der Waals surface area (Å²) in [6.45, 7) is 7.42. The molecule has 1 atom stereocenters. The Labute approximate surface area is 126 Å². The van der Waals surface area contributed by atoms with Gasteiger partial charge in [0.25, 0.3) is 0 Å². The van der Waals surface area contributed by atoms with Crippen LogP contribution < -0.4 is 10.6 Å². The molecule has 0 amide bonds. The van der Waals surface area contributed by atoms with E-state index in [1.807, 2.05) is 12.1 Å². The fourth-order valence-electron chi connectivity index (χ4n) is 3.41. The SMILES string of the molecule is CC(CN)(C1CC1)N1CCN(c2cccc(Cl)c2)CC1. The van der Waals surface area contributed by atoms with Crippen molar-refractivity contribution in [3.8, 4) is 0 Å². The smallest absolute Gasteiger partial charge is 0.0426 e. The van der Waals surface area contributed by atoms with Gasteiger partial charge in [-0.05, 0) is 43.9 Å². The highest BCUT2D eigenvalue weighted by atomic mass is 35.5. The molecular weight excluding hydrogens is 270 g/mol. The highest BCUT2D eigenvalue weighted by Crippen LogP contribution is 2.42. The zero-order valence-corrected chi connectivity index (χ0v) is 12.9. The standard InChI is InChI=1S/C16H24ClN3/c1-16(12-18,13-5-6-13)20-9-7-19(8-10-20)15-4-2-3-14(17)11-15/h2-4,11,13H,5-10,12,18H2,1H3. The first kappa shape index (κ1) is 14.2. The molecule has 1 aliphatic heterocycles. The fraction of sp³-hybridized carbons (Fsp3) is 0.625. The van der Waals surface area contributed by atoms with Crippen LogP contribution in [-0.4, -0.2) is 43.2 Å². The van der Waals surface area contributed by atoms with Crippen LogP contribution in [0.25, 0.3) is 0 Å². The number of rotatable bonds is 4. The second-order valence-electron chi connectivity index (χ2n) is 6.29. The maximum atomic E-state index is 6.08. The summed E-state index contributed by atoms with van der Waals surface area (Å²) in [6.07, 6.45) is 2.70. The second kappa shape index (κ2) is 5.55. The van der Waals surface area contributed by atoms with Gasteiger partial charge in [0.1, 0.15) is 0 Å². The molecule has 1 aliphatic carbocycles. The predicted molar refractivity (Wildman–Crippen MR) is 85.4 cm³/mol. The molecule has 0 bridgehead atoms. The fourth-order valence-corrected chi connectivity index (χ4v) is 3.59. The molecule has 20 heavy (non-hydrogen) atoms. The summed E-state index contributed by atoms with van der Waals surface area (Å²) in [6, 6.07) is 8.16. The van der Waals surface area contributed by atoms with Crippen LogP contribution in [0.4, 0.5) is 5.69 Å². The maximum Gasteiger partial charge on any atom is 0.0426 e. The normalized spacial score (nSPS) is 23.6. The van der Waals surface area contributed by atoms with Crippen molar-refractivity contribution in [3.63, 3.8) is 0 Å². The van der Waals surface area contributed by atoms with Gasteiger partial charge in [-0.15, -0.1) is 0 Å². The number of hydrogen-bond donors (Lipinski definition) is 1. The van der Waals surface area contributed by atoms with Crippen molar-refractivity contribution in [3.05, 3.63) is 29.3 Å². The van der Waals surface area contributed by atoms with Gasteiger partial charge in [-0.3, -0.25) is 4.90 Å². The molecule has 3 nitrogen and oxygen atoms in total. The van der Waals surface area contributed by atoms with Crippen LogP contribution in [0.15, 0.2) is 24.3 Å². The number of hydrogen-bond acceptors (Lipinski definition) is 3. The minimum atomic E-state index is 0.209. The van der Waals surface area contributed by atoms with Crippen LogP contribution >= 0.6 is 11.6 Å². The first-order chi connectivity index (χ1) is 9.63. The molecule has 0 radical (unpaired) electrons. The molecule has 1 aromatic carbocycles. The third-order valence-electron chi connectivity index (χ3n) is 5.05. The van der Waals surface area contributed by atoms with Crippen LogP contribution in [0.1, 0.15) is 19.8 Å². The van der Waals surface area contributed by atoms with Gasteiger partial charge >= 0.3 is 0 Å². The van der Waals surface area contributed by atoms with Gasteiger partial charge in [-0.1, -0.05) is 17.7 Å². The highest BCUT2D eigenvalue weighted by Gasteiger charge is 2.45. The minimum Gasteiger partial charge on any atom is -0.369 e. The van der Waals surface area contributed by atoms with Crippen molar-refractivity contribution < 1.29 is 0 Å². The Balaban J connectivity index is 1.64. The minimum absolute atomic E-state index is 0.209. The summed E-state index contributed by atoms with van der Waals surface area (Å²) in [7, 11) is 0. The van der Waals surface area contributed by atoms with Gasteiger partial charge in [-0.2, -0.15) is 0 Å². The Morgan fingerprint density at radius 1 is 1.25 bits per heavy atom. The molecule has 2 fully saturated rings. The molecule has 110 valence electrons. The Kier molecular flexibility index (Phi) is 3.93. The number of anilines is 1. The molecule has 2 aliphatic rings. The number of nitrogens with zero attached hydrogens (tertiary/aromatic N) is 2. The summed E-state index contributed by atoms with van der Waals surface area (Å²) in [5.74, 6) is 0.810. The van der Waals surface area contributed by atoms with E-state index in [9.17, 15) is 0 Å². The van der Waals surface area contributed by atoms with Crippen LogP contribution in [0.2, 0.25) is 5.02 Å². The average Bonchev–Trinajstić information content (AvgIpc) is 3.32. The monoisotopic (exact) mass is 293 g/mol. The molecule has 0 spiro atoms. The summed E-state index contributed by atoms with van der Waals surface area (Å²) in [4.78, 5) is 5.03. The Bertz CT molecular complexity index is 467. The van der Waals surface area contributed by atoms with E-state index in [-0.39, 0.29) is 5.54 Å². The van der Waals surface area contributed by atoms with Crippen molar-refractivity contribution in [1.82, 2.24) is 4.90 Å². The third-order valence-corrected chi connectivity index (χ3v) is 5.28. The van der Waals surface area contributed by atoms with E-state index in [1.165, 1.54) is 18.5 Å². The van der Waals surface area contributed by atoms with Crippen molar-refractivity contribution >= 4 is 17.3 Å². The Morgan fingerprint density at radius 3 is 2.50 bits per heavy atom. The van der Waals surface area contributed by atoms with Crippen LogP contribution in [-0.2, 0) is 0 Å². The van der Waals surface area contributed by atoms with Crippen LogP contribution in [0.3, 0.4) is 0 Å². The van der Waals surface area contributed by atoms with Gasteiger partial charge in [0.2, 0.25) is 0 Å². The lowest BCUT2D eigenvalue weighted by atomic mass is 9.92. The topological polar surface area (TPSA) is 32.5 Å². The molecule has 0 aromatic heterocycles. The van der Waals surface area contributed by atoms with Crippen LogP contribution in [0, 0.1) is 5.92 Å². The lowest BCUT2D eigenvalue weighted by molar-refractivity contribution is 0.0826. The summed E-state index contributed by atoms with van der Waals surface area (Å²) < 4.78 is 0. The first-order valence-corrected chi connectivity index (χ1v) is 7.97. The number of halogens is 1. The molecule has 2 N–H and O–H groups in total. The van der Waals surface area contributed by atoms with E-state index < -0.39 is 0 Å². The summed E-state index contributed by atoms with van der Waals surface area (Å²) in [5.41, 5.74) is 7.51. The average molecular weight is 294 g/mol. The van der Waals surface area contributed by atoms with Crippen molar-refractivity contribution in [2.75, 3.05) is 37.6 Å². The molecule has 1 aromatic rings. The van der Waals surface area contributed by atoms with Gasteiger partial charge in [-0.25, -0.2) is 0 Å². The van der Waals surface area contributed by atoms with Gasteiger partial charge in [0.05, 0.1) is 0 Å². The number of nitrogens with two attached hydrogens (primary N) is 1. The second-order valence-corrected chi connectivity index (χ2v) is 6.73. The van der Waals surface area contributed by atoms with E-state index >= 15 is 0 Å². The van der Waals surface area contributed by atoms with Crippen molar-refractivity contribution in [1.29, 1.82) is 0 Å². The van der Waals surface area contributed by atoms with E-state index in [2.05, 4.69) is 28.9 Å². The molecule has 1 saturated carbocycles. The lowest BCUT2D eigenvalue weighted by Crippen LogP contribution is -2.60. The van der Waals surface area contributed by atoms with Gasteiger partial charge < -0.3 is 10.6 Å². The molecule has 4 heteroatoms. The largest absolute Gasteiger partial charge is 0.369 e. The molecule has 1 unspecified atom stereocenters. The van der Waals surface area contributed by atoms with E-state index in [1.54, 1.807) is 0 Å². The van der Waals surface area contributed by atoms with Gasteiger partial charge in [0.15, 0.2) is 0 Å². The quantitative estimate of drug-likeness (QED) is 0.926. The zero-order chi connectivity index (χ0) is 14.2. The van der Waals surface area contributed by atoms with Crippen LogP contribution in [0.5, 0.6) is 0 Å². The van der Waals surface area contributed by atoms with Crippen molar-refractivity contribution in [2.45, 2.75) is 25.3 Å². The first-order valence-electron chi connectivity index (χ1n) is 7.59. The highest BCUT2D eigenvalue weighted by molar-refractivity contribution is 6.30. The Hall–Kier alpha value is -0.770.